The van der Waals surface area contributed by atoms with E-state index in [1.54, 1.807) is 0 Å². The molecule has 1 fully saturated rings. The Bertz CT molecular complexity index is 1180. The largest absolute Gasteiger partial charge is 0.457 e. The van der Waals surface area contributed by atoms with Crippen molar-refractivity contribution in [3.05, 3.63) is 36.5 Å². The van der Waals surface area contributed by atoms with E-state index in [0.29, 0.717) is 13.0 Å². The predicted molar refractivity (Wildman–Crippen MR) is 234 cm³/mol. The van der Waals surface area contributed by atoms with Gasteiger partial charge in [0.15, 0.2) is 6.29 Å². The summed E-state index contributed by atoms with van der Waals surface area (Å²) in [5, 5.41) is 30.7. The highest BCUT2D eigenvalue weighted by Crippen LogP contribution is 2.26. The molecule has 0 saturated carbocycles. The molecule has 13 heteroatoms. The predicted octanol–water partition coefficient (Wildman–Crippen LogP) is 9.80. The molecule has 4 N–H and O–H groups in total. The monoisotopic (exact) mass is 861 g/mol. The van der Waals surface area contributed by atoms with Gasteiger partial charge in [-0.05, 0) is 70.6 Å². The van der Waals surface area contributed by atoms with E-state index in [2.05, 4.69) is 54.5 Å². The Morgan fingerprint density at radius 3 is 1.63 bits per heavy atom. The van der Waals surface area contributed by atoms with Crippen molar-refractivity contribution in [3.8, 4) is 0 Å². The van der Waals surface area contributed by atoms with E-state index in [0.717, 1.165) is 70.6 Å². The number of carbonyl (C=O) groups excluding carboxylic acids is 1. The van der Waals surface area contributed by atoms with Gasteiger partial charge in [-0.25, -0.2) is 4.18 Å². The summed E-state index contributed by atoms with van der Waals surface area (Å²) in [6.45, 7) is 3.93. The quantitative estimate of drug-likeness (QED) is 0.0199. The first-order chi connectivity index (χ1) is 28.6. The molecule has 1 saturated heterocycles. The van der Waals surface area contributed by atoms with Gasteiger partial charge in [-0.1, -0.05) is 147 Å². The molecule has 6 atom stereocenters. The molecule has 12 nitrogen and oxygen atoms in total. The maximum atomic E-state index is 12.8. The molecule has 1 aliphatic rings. The molecular weight excluding hydrogens is 777 g/mol. The van der Waals surface area contributed by atoms with Gasteiger partial charge in [-0.2, -0.15) is 8.42 Å². The summed E-state index contributed by atoms with van der Waals surface area (Å²) in [6.07, 6.45) is 34.6. The first-order valence-corrected chi connectivity index (χ1v) is 24.6. The Balaban J connectivity index is 2.41. The number of aliphatic hydroxyl groups is 3. The van der Waals surface area contributed by atoms with Crippen LogP contribution in [0.5, 0.6) is 0 Å². The van der Waals surface area contributed by atoms with Crippen molar-refractivity contribution in [2.45, 2.75) is 224 Å². The van der Waals surface area contributed by atoms with E-state index in [1.807, 2.05) is 0 Å². The number of hydrogen-bond donors (Lipinski definition) is 4. The third-order valence-corrected chi connectivity index (χ3v) is 11.0. The summed E-state index contributed by atoms with van der Waals surface area (Å²) < 4.78 is 59.0. The normalized spacial score (nSPS) is 20.7. The molecule has 59 heavy (non-hydrogen) atoms. The number of ether oxygens (including phenoxy) is 4. The number of unbranched alkanes of at least 4 members (excludes halogenated alkanes) is 21. The second-order valence-corrected chi connectivity index (χ2v) is 17.0. The minimum Gasteiger partial charge on any atom is -0.457 e. The number of carbonyl (C=O) groups is 1. The van der Waals surface area contributed by atoms with Crippen molar-refractivity contribution < 1.29 is 56.2 Å². The zero-order valence-corrected chi connectivity index (χ0v) is 37.6. The average molecular weight is 861 g/mol. The lowest BCUT2D eigenvalue weighted by atomic mass is 9.99. The van der Waals surface area contributed by atoms with E-state index >= 15 is 0 Å². The van der Waals surface area contributed by atoms with E-state index in [1.165, 1.54) is 89.9 Å². The van der Waals surface area contributed by atoms with Gasteiger partial charge in [0.25, 0.3) is 0 Å². The van der Waals surface area contributed by atoms with Gasteiger partial charge in [0.1, 0.15) is 30.5 Å². The van der Waals surface area contributed by atoms with Gasteiger partial charge in [-0.3, -0.25) is 9.35 Å². The van der Waals surface area contributed by atoms with E-state index in [9.17, 15) is 28.5 Å². The standard InChI is InChI=1S/C46H84O12S/c1-3-5-7-9-11-13-15-17-18-19-20-21-22-24-26-28-30-32-34-36-54-38-40(39-55-46-44(50)45(58-59(51,52)53)43(49)41(37-47)57-46)56-42(48)35-33-31-29-27-25-23-16-14-12-10-8-6-4-2/h13-16,18-19,40-41,43-47,49-50H,3-12,17,20-39H2,1-2H3,(H,51,52,53)/b15-13-,16-14-,19-18-. The van der Waals surface area contributed by atoms with Crippen LogP contribution in [-0.4, -0.2) is 97.5 Å². The van der Waals surface area contributed by atoms with Crippen LogP contribution in [0.1, 0.15) is 187 Å². The molecule has 0 aromatic carbocycles. The third kappa shape index (κ3) is 31.8. The van der Waals surface area contributed by atoms with Gasteiger partial charge in [-0.15, -0.1) is 0 Å². The van der Waals surface area contributed by atoms with E-state index in [4.69, 9.17) is 23.5 Å². The fraction of sp³-hybridized carbons (Fsp3) is 0.848. The molecule has 1 aliphatic heterocycles. The summed E-state index contributed by atoms with van der Waals surface area (Å²) >= 11 is 0. The third-order valence-electron chi connectivity index (χ3n) is 10.5. The molecule has 1 rings (SSSR count). The van der Waals surface area contributed by atoms with Crippen molar-refractivity contribution in [2.24, 2.45) is 0 Å². The Morgan fingerprint density at radius 1 is 0.644 bits per heavy atom. The van der Waals surface area contributed by atoms with Crippen LogP contribution in [0.3, 0.4) is 0 Å². The summed E-state index contributed by atoms with van der Waals surface area (Å²) in [5.41, 5.74) is 0. The van der Waals surface area contributed by atoms with Crippen LogP contribution in [0.25, 0.3) is 0 Å². The summed E-state index contributed by atoms with van der Waals surface area (Å²) in [5.74, 6) is -0.411. The molecule has 0 radical (unpaired) electrons. The maximum absolute atomic E-state index is 12.8. The minimum absolute atomic E-state index is 0.0292. The second-order valence-electron chi connectivity index (χ2n) is 16.0. The summed E-state index contributed by atoms with van der Waals surface area (Å²) in [6, 6.07) is 0. The lowest BCUT2D eigenvalue weighted by molar-refractivity contribution is -0.301. The minimum atomic E-state index is -5.06. The Morgan fingerprint density at radius 2 is 1.12 bits per heavy atom. The molecular formula is C46H84O12S. The van der Waals surface area contributed by atoms with Crippen molar-refractivity contribution >= 4 is 16.4 Å². The molecule has 0 aliphatic carbocycles. The highest BCUT2D eigenvalue weighted by molar-refractivity contribution is 7.80. The first kappa shape index (κ1) is 55.3. The highest BCUT2D eigenvalue weighted by Gasteiger charge is 2.48. The second kappa shape index (κ2) is 38.0. The van der Waals surface area contributed by atoms with Gasteiger partial charge in [0, 0.05) is 13.0 Å². The van der Waals surface area contributed by atoms with Crippen LogP contribution in [-0.2, 0) is 38.3 Å². The number of hydrogen-bond acceptors (Lipinski definition) is 11. The van der Waals surface area contributed by atoms with Crippen LogP contribution in [0, 0.1) is 0 Å². The molecule has 6 unspecified atom stereocenters. The van der Waals surface area contributed by atoms with E-state index < -0.39 is 59.8 Å². The van der Waals surface area contributed by atoms with Crippen LogP contribution in [0.2, 0.25) is 0 Å². The van der Waals surface area contributed by atoms with Crippen LogP contribution >= 0.6 is 0 Å². The van der Waals surface area contributed by atoms with Gasteiger partial charge in [0.05, 0.1) is 19.8 Å². The van der Waals surface area contributed by atoms with Gasteiger partial charge < -0.3 is 34.3 Å². The summed E-state index contributed by atoms with van der Waals surface area (Å²) in [7, 11) is -5.06. The first-order valence-electron chi connectivity index (χ1n) is 23.2. The Hall–Kier alpha value is -1.68. The molecule has 0 amide bonds. The van der Waals surface area contributed by atoms with E-state index in [-0.39, 0.29) is 19.6 Å². The molecule has 0 aromatic heterocycles. The number of rotatable bonds is 40. The van der Waals surface area contributed by atoms with Crippen LogP contribution in [0.4, 0.5) is 0 Å². The summed E-state index contributed by atoms with van der Waals surface area (Å²) in [4.78, 5) is 12.8. The van der Waals surface area contributed by atoms with Crippen molar-refractivity contribution in [3.63, 3.8) is 0 Å². The zero-order valence-electron chi connectivity index (χ0n) is 36.8. The number of aliphatic hydroxyl groups excluding tert-OH is 3. The molecule has 1 heterocycles. The SMILES string of the molecule is CCCCCC/C=C\C/C=C\CCCCCCCCCCOCC(COC1OC(CO)C(O)C(OS(=O)(=O)O)C1O)OC(=O)CCCCCCC/C=C\CCCCCC. The van der Waals surface area contributed by atoms with Crippen molar-refractivity contribution in [1.82, 2.24) is 0 Å². The van der Waals surface area contributed by atoms with Gasteiger partial charge >= 0.3 is 16.4 Å². The zero-order chi connectivity index (χ0) is 43.2. The lowest BCUT2D eigenvalue weighted by Gasteiger charge is -2.41. The molecule has 346 valence electrons. The Kier molecular flexibility index (Phi) is 35.7. The number of allylic oxidation sites excluding steroid dienone is 6. The fourth-order valence-corrected chi connectivity index (χ4v) is 7.44. The number of esters is 1. The molecule has 0 bridgehead atoms. The van der Waals surface area contributed by atoms with Crippen molar-refractivity contribution in [1.29, 1.82) is 0 Å². The smallest absolute Gasteiger partial charge is 0.397 e. The topological polar surface area (TPSA) is 178 Å². The lowest BCUT2D eigenvalue weighted by Crippen LogP contribution is -2.60. The maximum Gasteiger partial charge on any atom is 0.397 e. The van der Waals surface area contributed by atoms with Crippen LogP contribution in [0.15, 0.2) is 36.5 Å². The van der Waals surface area contributed by atoms with Crippen molar-refractivity contribution in [2.75, 3.05) is 26.4 Å². The Labute approximate surface area is 358 Å². The molecule has 0 spiro atoms. The molecule has 0 aromatic rings. The fourth-order valence-electron chi connectivity index (χ4n) is 6.93. The van der Waals surface area contributed by atoms with Crippen LogP contribution < -0.4 is 0 Å². The van der Waals surface area contributed by atoms with Gasteiger partial charge in [0.2, 0.25) is 0 Å². The average Bonchev–Trinajstić information content (AvgIpc) is 3.20. The highest BCUT2D eigenvalue weighted by atomic mass is 32.3.